The normalized spacial score (nSPS) is 15.9. The Morgan fingerprint density at radius 1 is 1.41 bits per heavy atom. The molecule has 1 heterocycles. The second-order valence-corrected chi connectivity index (χ2v) is 5.80. The first kappa shape index (κ1) is 12.3. The van der Waals surface area contributed by atoms with Crippen LogP contribution in [0.15, 0.2) is 18.2 Å². The van der Waals surface area contributed by atoms with Gasteiger partial charge in [0.05, 0.1) is 7.11 Å². The molecule has 1 aromatic rings. The van der Waals surface area contributed by atoms with Crippen molar-refractivity contribution in [3.8, 4) is 5.75 Å². The van der Waals surface area contributed by atoms with Crippen LogP contribution >= 0.6 is 0 Å². The lowest BCUT2D eigenvalue weighted by atomic mass is 10.1. The molecule has 0 unspecified atom stereocenters. The molecular formula is C11H16N2O3S. The standard InChI is InChI=1S/C11H16N2O3S/c1-9-3-4-11(16-2)10(7-9)8-12-17(14,15)13-5-6-13/h3-4,7,12H,5-6,8H2,1-2H3. The van der Waals surface area contributed by atoms with Crippen LogP contribution in [0.2, 0.25) is 0 Å². The van der Waals surface area contributed by atoms with Crippen LogP contribution in [0.25, 0.3) is 0 Å². The summed E-state index contributed by atoms with van der Waals surface area (Å²) in [6.07, 6.45) is 0. The third-order valence-corrected chi connectivity index (χ3v) is 4.18. The molecule has 1 N–H and O–H groups in total. The van der Waals surface area contributed by atoms with E-state index in [1.54, 1.807) is 7.11 Å². The van der Waals surface area contributed by atoms with Crippen LogP contribution in [-0.2, 0) is 16.8 Å². The monoisotopic (exact) mass is 256 g/mol. The highest BCUT2D eigenvalue weighted by Gasteiger charge is 2.31. The maximum atomic E-state index is 11.6. The van der Waals surface area contributed by atoms with Crippen molar-refractivity contribution >= 4 is 10.2 Å². The largest absolute Gasteiger partial charge is 0.496 e. The van der Waals surface area contributed by atoms with Crippen LogP contribution < -0.4 is 9.46 Å². The summed E-state index contributed by atoms with van der Waals surface area (Å²) in [5.74, 6) is 0.698. The average Bonchev–Trinajstić information content (AvgIpc) is 3.11. The van der Waals surface area contributed by atoms with E-state index in [4.69, 9.17) is 4.74 Å². The molecule has 0 aromatic heterocycles. The minimum absolute atomic E-state index is 0.254. The third-order valence-electron chi connectivity index (χ3n) is 2.63. The van der Waals surface area contributed by atoms with Crippen LogP contribution in [-0.4, -0.2) is 32.9 Å². The van der Waals surface area contributed by atoms with E-state index in [-0.39, 0.29) is 6.54 Å². The molecule has 0 atom stereocenters. The summed E-state index contributed by atoms with van der Waals surface area (Å²) < 4.78 is 32.4. The van der Waals surface area contributed by atoms with E-state index in [1.807, 2.05) is 25.1 Å². The summed E-state index contributed by atoms with van der Waals surface area (Å²) in [5, 5.41) is 0. The Balaban J connectivity index is 2.10. The summed E-state index contributed by atoms with van der Waals surface area (Å²) in [6.45, 7) is 3.44. The number of benzene rings is 1. The zero-order valence-corrected chi connectivity index (χ0v) is 10.8. The number of aryl methyl sites for hydroxylation is 1. The quantitative estimate of drug-likeness (QED) is 0.787. The molecule has 0 aliphatic carbocycles. The zero-order valence-electron chi connectivity index (χ0n) is 9.93. The van der Waals surface area contributed by atoms with Crippen molar-refractivity contribution in [3.05, 3.63) is 29.3 Å². The third kappa shape index (κ3) is 2.96. The summed E-state index contributed by atoms with van der Waals surface area (Å²) in [6, 6.07) is 5.70. The van der Waals surface area contributed by atoms with E-state index in [0.717, 1.165) is 11.1 Å². The predicted octanol–water partition coefficient (Wildman–Crippen LogP) is 0.654. The van der Waals surface area contributed by atoms with Crippen molar-refractivity contribution in [2.75, 3.05) is 20.2 Å². The molecule has 5 nitrogen and oxygen atoms in total. The lowest BCUT2D eigenvalue weighted by Crippen LogP contribution is -2.29. The fourth-order valence-corrected chi connectivity index (χ4v) is 2.67. The zero-order chi connectivity index (χ0) is 12.5. The fourth-order valence-electron chi connectivity index (χ4n) is 1.59. The van der Waals surface area contributed by atoms with Gasteiger partial charge in [-0.15, -0.1) is 0 Å². The number of methoxy groups -OCH3 is 1. The Bertz CT molecular complexity index is 509. The van der Waals surface area contributed by atoms with Gasteiger partial charge in [-0.2, -0.15) is 17.4 Å². The van der Waals surface area contributed by atoms with Gasteiger partial charge in [0.25, 0.3) is 10.2 Å². The van der Waals surface area contributed by atoms with E-state index in [0.29, 0.717) is 18.8 Å². The van der Waals surface area contributed by atoms with Gasteiger partial charge in [0.2, 0.25) is 0 Å². The maximum absolute atomic E-state index is 11.6. The minimum atomic E-state index is -3.30. The Kier molecular flexibility index (Phi) is 3.37. The van der Waals surface area contributed by atoms with Crippen molar-refractivity contribution in [1.82, 2.24) is 9.03 Å². The Labute approximate surface area is 102 Å². The summed E-state index contributed by atoms with van der Waals surface area (Å²) in [4.78, 5) is 0. The minimum Gasteiger partial charge on any atom is -0.496 e. The van der Waals surface area contributed by atoms with Gasteiger partial charge in [-0.05, 0) is 13.0 Å². The Hall–Kier alpha value is -1.11. The van der Waals surface area contributed by atoms with E-state index in [9.17, 15) is 8.42 Å². The van der Waals surface area contributed by atoms with Crippen LogP contribution in [0.4, 0.5) is 0 Å². The van der Waals surface area contributed by atoms with E-state index in [1.165, 1.54) is 4.31 Å². The molecule has 2 rings (SSSR count). The van der Waals surface area contributed by atoms with Gasteiger partial charge in [-0.25, -0.2) is 0 Å². The van der Waals surface area contributed by atoms with Gasteiger partial charge in [0.15, 0.2) is 0 Å². The van der Waals surface area contributed by atoms with Crippen LogP contribution in [0, 0.1) is 6.92 Å². The molecule has 0 spiro atoms. The lowest BCUT2D eigenvalue weighted by Gasteiger charge is -2.11. The van der Waals surface area contributed by atoms with E-state index in [2.05, 4.69) is 4.72 Å². The molecule has 94 valence electrons. The second kappa shape index (κ2) is 4.64. The highest BCUT2D eigenvalue weighted by molar-refractivity contribution is 7.87. The molecule has 1 aliphatic heterocycles. The number of ether oxygens (including phenoxy) is 1. The molecule has 6 heteroatoms. The smallest absolute Gasteiger partial charge is 0.279 e. The molecular weight excluding hydrogens is 240 g/mol. The summed E-state index contributed by atoms with van der Waals surface area (Å²) >= 11 is 0. The van der Waals surface area contributed by atoms with Crippen LogP contribution in [0.3, 0.4) is 0 Å². The first-order valence-electron chi connectivity index (χ1n) is 5.41. The Morgan fingerprint density at radius 2 is 2.12 bits per heavy atom. The number of rotatable bonds is 5. The predicted molar refractivity (Wildman–Crippen MR) is 65.1 cm³/mol. The molecule has 1 fully saturated rings. The molecule has 0 amide bonds. The molecule has 1 saturated heterocycles. The number of nitrogens with one attached hydrogen (secondary N) is 1. The fraction of sp³-hybridized carbons (Fsp3) is 0.455. The molecule has 1 aliphatic rings. The van der Waals surface area contributed by atoms with Crippen molar-refractivity contribution in [2.24, 2.45) is 0 Å². The molecule has 0 radical (unpaired) electrons. The Morgan fingerprint density at radius 3 is 2.71 bits per heavy atom. The van der Waals surface area contributed by atoms with Crippen LogP contribution in [0.5, 0.6) is 5.75 Å². The average molecular weight is 256 g/mol. The molecule has 0 bridgehead atoms. The van der Waals surface area contributed by atoms with Gasteiger partial charge in [-0.3, -0.25) is 0 Å². The molecule has 1 aromatic carbocycles. The van der Waals surface area contributed by atoms with Gasteiger partial charge < -0.3 is 4.74 Å². The van der Waals surface area contributed by atoms with Crippen molar-refractivity contribution < 1.29 is 13.2 Å². The lowest BCUT2D eigenvalue weighted by molar-refractivity contribution is 0.409. The van der Waals surface area contributed by atoms with Gasteiger partial charge in [-0.1, -0.05) is 17.7 Å². The highest BCUT2D eigenvalue weighted by Crippen LogP contribution is 2.20. The van der Waals surface area contributed by atoms with E-state index >= 15 is 0 Å². The van der Waals surface area contributed by atoms with E-state index < -0.39 is 10.2 Å². The van der Waals surface area contributed by atoms with Gasteiger partial charge in [0, 0.05) is 25.2 Å². The maximum Gasteiger partial charge on any atom is 0.279 e. The van der Waals surface area contributed by atoms with Crippen molar-refractivity contribution in [1.29, 1.82) is 0 Å². The number of hydrogen-bond acceptors (Lipinski definition) is 3. The van der Waals surface area contributed by atoms with Gasteiger partial charge in [0.1, 0.15) is 5.75 Å². The summed E-state index contributed by atoms with van der Waals surface area (Å²) in [5.41, 5.74) is 1.92. The molecule has 17 heavy (non-hydrogen) atoms. The highest BCUT2D eigenvalue weighted by atomic mass is 32.2. The first-order chi connectivity index (χ1) is 8.03. The van der Waals surface area contributed by atoms with Gasteiger partial charge >= 0.3 is 0 Å². The number of hydrogen-bond donors (Lipinski definition) is 1. The summed E-state index contributed by atoms with van der Waals surface area (Å²) in [7, 11) is -1.72. The van der Waals surface area contributed by atoms with Crippen LogP contribution in [0.1, 0.15) is 11.1 Å². The number of nitrogens with zero attached hydrogens (tertiary/aromatic N) is 1. The van der Waals surface area contributed by atoms with Crippen molar-refractivity contribution in [3.63, 3.8) is 0 Å². The first-order valence-corrected chi connectivity index (χ1v) is 6.85. The van der Waals surface area contributed by atoms with Crippen molar-refractivity contribution in [2.45, 2.75) is 13.5 Å². The SMILES string of the molecule is COc1ccc(C)cc1CNS(=O)(=O)N1CC1. The molecule has 0 saturated carbocycles. The second-order valence-electron chi connectivity index (χ2n) is 4.04. The topological polar surface area (TPSA) is 58.4 Å².